The molecular formula is C31H32ClF3N6O2S. The molecule has 3 unspecified atom stereocenters. The smallest absolute Gasteiger partial charge is 0.318 e. The van der Waals surface area contributed by atoms with Crippen molar-refractivity contribution in [2.45, 2.75) is 50.9 Å². The number of alkyl halides is 1. The highest BCUT2D eigenvalue weighted by atomic mass is 35.5. The van der Waals surface area contributed by atoms with Crippen LogP contribution in [0.2, 0.25) is 5.02 Å². The van der Waals surface area contributed by atoms with Crippen LogP contribution in [0.25, 0.3) is 32.1 Å². The number of nitrogens with zero attached hydrogens (tertiary/aromatic N) is 5. The Hall–Kier alpha value is -3.37. The highest BCUT2D eigenvalue weighted by molar-refractivity contribution is 7.23. The van der Waals surface area contributed by atoms with E-state index in [9.17, 15) is 14.0 Å². The molecule has 7 rings (SSSR count). The number of nitriles is 1. The van der Waals surface area contributed by atoms with Crippen molar-refractivity contribution in [1.82, 2.24) is 14.9 Å². The maximum absolute atomic E-state index is 16.2. The molecule has 4 aromatic rings. The molecule has 0 aliphatic carbocycles. The molecule has 0 spiro atoms. The predicted molar refractivity (Wildman–Crippen MR) is 167 cm³/mol. The van der Waals surface area contributed by atoms with Gasteiger partial charge in [0.05, 0.1) is 29.0 Å². The third kappa shape index (κ3) is 5.51. The maximum atomic E-state index is 16.2. The van der Waals surface area contributed by atoms with Crippen LogP contribution in [0.3, 0.4) is 0 Å². The number of nitrogens with two attached hydrogens (primary N) is 1. The van der Waals surface area contributed by atoms with Gasteiger partial charge in [0.1, 0.15) is 34.4 Å². The van der Waals surface area contributed by atoms with Crippen molar-refractivity contribution >= 4 is 54.7 Å². The molecule has 2 aromatic carbocycles. The lowest BCUT2D eigenvalue weighted by Crippen LogP contribution is -2.34. The molecule has 2 N–H and O–H groups in total. The average Bonchev–Trinajstić information content (AvgIpc) is 3.63. The second-order valence-corrected chi connectivity index (χ2v) is 12.8. The molecule has 0 saturated carbocycles. The van der Waals surface area contributed by atoms with Gasteiger partial charge in [0.15, 0.2) is 5.82 Å². The molecule has 232 valence electrons. The first-order valence-corrected chi connectivity index (χ1v) is 15.8. The number of methoxy groups -OCH3 is 1. The Balaban J connectivity index is 0.000000323. The van der Waals surface area contributed by atoms with Crippen LogP contribution in [0.4, 0.5) is 24.0 Å². The molecule has 3 fully saturated rings. The molecule has 44 heavy (non-hydrogen) atoms. The molecule has 3 atom stereocenters. The second-order valence-electron chi connectivity index (χ2n) is 11.3. The number of nitrogen functional groups attached to an aromatic ring is 1. The van der Waals surface area contributed by atoms with Gasteiger partial charge >= 0.3 is 6.01 Å². The molecule has 2 aromatic heterocycles. The van der Waals surface area contributed by atoms with Crippen LogP contribution in [0.15, 0.2) is 18.2 Å². The Morgan fingerprint density at radius 1 is 1.20 bits per heavy atom. The summed E-state index contributed by atoms with van der Waals surface area (Å²) in [7, 11) is 1.41. The van der Waals surface area contributed by atoms with Crippen molar-refractivity contribution in [3.8, 4) is 23.2 Å². The summed E-state index contributed by atoms with van der Waals surface area (Å²) in [4.78, 5) is 13.1. The Morgan fingerprint density at radius 2 is 2.02 bits per heavy atom. The van der Waals surface area contributed by atoms with Gasteiger partial charge < -0.3 is 20.1 Å². The van der Waals surface area contributed by atoms with Crippen molar-refractivity contribution in [3.63, 3.8) is 0 Å². The fraction of sp³-hybridized carbons (Fsp3) is 0.452. The van der Waals surface area contributed by atoms with Crippen LogP contribution in [-0.2, 0) is 4.74 Å². The van der Waals surface area contributed by atoms with E-state index in [4.69, 9.17) is 26.8 Å². The van der Waals surface area contributed by atoms with Crippen LogP contribution in [-0.4, -0.2) is 73.1 Å². The lowest BCUT2D eigenvalue weighted by atomic mass is 9.97. The Kier molecular flexibility index (Phi) is 8.75. The van der Waals surface area contributed by atoms with Crippen molar-refractivity contribution in [3.05, 3.63) is 40.4 Å². The van der Waals surface area contributed by atoms with Gasteiger partial charge in [-0.25, -0.2) is 13.2 Å². The van der Waals surface area contributed by atoms with Crippen molar-refractivity contribution in [2.75, 3.05) is 50.6 Å². The van der Waals surface area contributed by atoms with Gasteiger partial charge in [0.2, 0.25) is 0 Å². The van der Waals surface area contributed by atoms with Crippen LogP contribution in [0.5, 0.6) is 6.01 Å². The average molecular weight is 645 g/mol. The second kappa shape index (κ2) is 12.6. The number of thiophene rings is 1. The Labute approximate surface area is 262 Å². The first-order valence-electron chi connectivity index (χ1n) is 14.6. The van der Waals surface area contributed by atoms with Gasteiger partial charge in [-0.15, -0.1) is 11.3 Å². The van der Waals surface area contributed by atoms with Gasteiger partial charge in [-0.3, -0.25) is 4.90 Å². The van der Waals surface area contributed by atoms with Gasteiger partial charge in [-0.2, -0.15) is 15.2 Å². The molecule has 3 saturated heterocycles. The lowest BCUT2D eigenvalue weighted by Gasteiger charge is -2.29. The molecule has 3 aliphatic heterocycles. The quantitative estimate of drug-likeness (QED) is 0.263. The zero-order chi connectivity index (χ0) is 31.1. The van der Waals surface area contributed by atoms with E-state index in [-0.39, 0.29) is 54.4 Å². The molecule has 5 heterocycles. The number of ether oxygens (including phenoxy) is 2. The minimum absolute atomic E-state index is 0.00113. The highest BCUT2D eigenvalue weighted by Crippen LogP contribution is 2.45. The zero-order valence-corrected chi connectivity index (χ0v) is 26.0. The van der Waals surface area contributed by atoms with Crippen LogP contribution in [0.1, 0.15) is 38.2 Å². The number of halogens is 4. The number of rotatable bonds is 3. The summed E-state index contributed by atoms with van der Waals surface area (Å²) >= 11 is 7.60. The van der Waals surface area contributed by atoms with Crippen LogP contribution >= 0.6 is 22.9 Å². The van der Waals surface area contributed by atoms with E-state index in [0.29, 0.717) is 43.5 Å². The van der Waals surface area contributed by atoms with E-state index in [0.717, 1.165) is 30.7 Å². The molecule has 0 radical (unpaired) electrons. The third-order valence-electron chi connectivity index (χ3n) is 8.64. The number of fused-ring (bicyclic) bond motifs is 3. The van der Waals surface area contributed by atoms with E-state index >= 15 is 4.39 Å². The topological polar surface area (TPSA) is 101 Å². The minimum Gasteiger partial charge on any atom is -0.467 e. The molecule has 3 aliphatic rings. The first kappa shape index (κ1) is 30.6. The van der Waals surface area contributed by atoms with E-state index in [1.165, 1.54) is 32.1 Å². The minimum atomic E-state index is -0.727. The predicted octanol–water partition coefficient (Wildman–Crippen LogP) is 6.71. The number of aromatic nitrogens is 2. The molecule has 0 bridgehead atoms. The third-order valence-corrected chi connectivity index (χ3v) is 9.97. The van der Waals surface area contributed by atoms with Crippen molar-refractivity contribution in [1.29, 1.82) is 5.26 Å². The number of anilines is 2. The van der Waals surface area contributed by atoms with E-state index < -0.39 is 17.8 Å². The summed E-state index contributed by atoms with van der Waals surface area (Å²) in [6, 6.07) is 6.89. The van der Waals surface area contributed by atoms with E-state index in [1.807, 2.05) is 17.9 Å². The summed E-state index contributed by atoms with van der Waals surface area (Å²) in [6.07, 6.45) is 3.58. The summed E-state index contributed by atoms with van der Waals surface area (Å²) < 4.78 is 54.5. The van der Waals surface area contributed by atoms with Gasteiger partial charge in [-0.1, -0.05) is 17.7 Å². The monoisotopic (exact) mass is 644 g/mol. The fourth-order valence-electron chi connectivity index (χ4n) is 6.46. The Bertz CT molecular complexity index is 1750. The van der Waals surface area contributed by atoms with Gasteiger partial charge in [0.25, 0.3) is 0 Å². The van der Waals surface area contributed by atoms with Crippen molar-refractivity contribution < 1.29 is 22.6 Å². The fourth-order valence-corrected chi connectivity index (χ4v) is 7.71. The highest BCUT2D eigenvalue weighted by Gasteiger charge is 2.34. The SMILES string of the molecule is COc1nc(N2CCOCCC2C)c2cc(Cl)c(-c3ccc(F)c4sc(N)c(C#N)c34)c(F)c2n1.FC1CC2CCCN2C1. The Morgan fingerprint density at radius 3 is 2.77 bits per heavy atom. The lowest BCUT2D eigenvalue weighted by molar-refractivity contribution is 0.150. The van der Waals surface area contributed by atoms with Crippen LogP contribution in [0, 0.1) is 23.0 Å². The standard InChI is InChI=1S/C24H20ClF2N5O2S.C7H12FN/c1-11-5-7-34-8-6-32(11)23-13-9-15(25)18(19(27)20(13)30-24(31-23)33-2)12-3-4-16(26)21-17(12)14(10-28)22(29)35-21;8-6-4-7-2-1-3-9(7)5-6/h3-4,9,11H,5-8,29H2,1-2H3;6-7H,1-5H2. The number of hydrogen-bond donors (Lipinski definition) is 1. The molecular weight excluding hydrogens is 613 g/mol. The maximum Gasteiger partial charge on any atom is 0.318 e. The largest absolute Gasteiger partial charge is 0.467 e. The summed E-state index contributed by atoms with van der Waals surface area (Å²) in [5.41, 5.74) is 6.30. The van der Waals surface area contributed by atoms with Gasteiger partial charge in [0, 0.05) is 48.1 Å². The van der Waals surface area contributed by atoms with E-state index in [1.54, 1.807) is 6.07 Å². The van der Waals surface area contributed by atoms with Gasteiger partial charge in [-0.05, 0) is 56.8 Å². The molecule has 8 nitrogen and oxygen atoms in total. The molecule has 13 heteroatoms. The summed E-state index contributed by atoms with van der Waals surface area (Å²) in [5.74, 6) is -0.795. The van der Waals surface area contributed by atoms with Crippen molar-refractivity contribution in [2.24, 2.45) is 0 Å². The summed E-state index contributed by atoms with van der Waals surface area (Å²) in [6.45, 7) is 5.56. The number of hydrogen-bond acceptors (Lipinski definition) is 9. The first-order chi connectivity index (χ1) is 21.2. The number of benzene rings is 2. The zero-order valence-electron chi connectivity index (χ0n) is 24.4. The summed E-state index contributed by atoms with van der Waals surface area (Å²) in [5, 5.41) is 10.5. The molecule has 0 amide bonds. The normalized spacial score (nSPS) is 22.0. The van der Waals surface area contributed by atoms with Crippen LogP contribution < -0.4 is 15.4 Å². The van der Waals surface area contributed by atoms with E-state index in [2.05, 4.69) is 14.9 Å².